The van der Waals surface area contributed by atoms with E-state index >= 15 is 0 Å². The van der Waals surface area contributed by atoms with E-state index in [-0.39, 0.29) is 16.4 Å². The van der Waals surface area contributed by atoms with E-state index < -0.39 is 5.97 Å². The lowest BCUT2D eigenvalue weighted by atomic mass is 10.1. The molecule has 0 spiro atoms. The minimum absolute atomic E-state index is 0.0187. The van der Waals surface area contributed by atoms with Gasteiger partial charge in [0.15, 0.2) is 5.12 Å². The summed E-state index contributed by atoms with van der Waals surface area (Å²) in [5.74, 6) is 4.91. The molecule has 0 saturated heterocycles. The Morgan fingerprint density at radius 1 is 1.39 bits per heavy atom. The smallest absolute Gasteiger partial charge is 0.335 e. The van der Waals surface area contributed by atoms with Crippen molar-refractivity contribution in [2.75, 3.05) is 5.75 Å². The molecule has 0 aliphatic heterocycles. The third kappa shape index (κ3) is 4.52. The van der Waals surface area contributed by atoms with Crippen LogP contribution in [0.5, 0.6) is 5.75 Å². The Balaban J connectivity index is 2.65. The van der Waals surface area contributed by atoms with Crippen molar-refractivity contribution in [3.8, 4) is 17.6 Å². The van der Waals surface area contributed by atoms with Gasteiger partial charge in [0.1, 0.15) is 5.75 Å². The number of carboxylic acid groups (broad SMARTS) is 1. The number of hydrogen-bond donors (Lipinski definition) is 2. The number of phenolic OH excluding ortho intramolecular Hbond substituents is 1. The molecule has 2 N–H and O–H groups in total. The molecular weight excluding hydrogens is 252 g/mol. The van der Waals surface area contributed by atoms with Gasteiger partial charge in [-0.3, -0.25) is 4.79 Å². The molecular formula is C13H12O4S. The minimum atomic E-state index is -1.09. The van der Waals surface area contributed by atoms with Gasteiger partial charge in [-0.15, -0.1) is 0 Å². The van der Waals surface area contributed by atoms with Gasteiger partial charge in [0, 0.05) is 19.1 Å². The molecule has 0 unspecified atom stereocenters. The Morgan fingerprint density at radius 3 is 2.67 bits per heavy atom. The molecule has 0 atom stereocenters. The van der Waals surface area contributed by atoms with Gasteiger partial charge in [0.05, 0.1) is 11.1 Å². The number of carbonyl (C=O) groups excluding carboxylic acids is 1. The predicted molar refractivity (Wildman–Crippen MR) is 69.7 cm³/mol. The predicted octanol–water partition coefficient (Wildman–Crippen LogP) is 2.11. The largest absolute Gasteiger partial charge is 0.507 e. The van der Waals surface area contributed by atoms with Crippen LogP contribution in [0.3, 0.4) is 0 Å². The Kier molecular flexibility index (Phi) is 5.28. The summed E-state index contributed by atoms with van der Waals surface area (Å²) in [6.45, 7) is 1.49. The van der Waals surface area contributed by atoms with Crippen LogP contribution < -0.4 is 0 Å². The molecule has 4 nitrogen and oxygen atoms in total. The lowest BCUT2D eigenvalue weighted by Crippen LogP contribution is -1.95. The quantitative estimate of drug-likeness (QED) is 0.646. The van der Waals surface area contributed by atoms with Crippen LogP contribution in [0.4, 0.5) is 0 Å². The summed E-state index contributed by atoms with van der Waals surface area (Å²) in [7, 11) is 0. The summed E-state index contributed by atoms with van der Waals surface area (Å²) in [6.07, 6.45) is 0.532. The van der Waals surface area contributed by atoms with Crippen LogP contribution in [0.25, 0.3) is 0 Å². The fraction of sp³-hybridized carbons (Fsp3) is 0.231. The summed E-state index contributed by atoms with van der Waals surface area (Å²) in [5, 5.41) is 18.3. The Labute approximate surface area is 109 Å². The van der Waals surface area contributed by atoms with Gasteiger partial charge in [0.2, 0.25) is 0 Å². The Hall–Kier alpha value is -1.93. The number of aromatic carboxylic acids is 1. The van der Waals surface area contributed by atoms with Gasteiger partial charge < -0.3 is 10.2 Å². The number of rotatable bonds is 3. The summed E-state index contributed by atoms with van der Waals surface area (Å²) in [5.41, 5.74) is 0.401. The van der Waals surface area contributed by atoms with E-state index in [1.165, 1.54) is 30.8 Å². The molecule has 1 rings (SSSR count). The van der Waals surface area contributed by atoms with Crippen LogP contribution in [-0.4, -0.2) is 27.1 Å². The van der Waals surface area contributed by atoms with Crippen molar-refractivity contribution in [2.45, 2.75) is 13.3 Å². The zero-order valence-electron chi connectivity index (χ0n) is 9.77. The van der Waals surface area contributed by atoms with Crippen LogP contribution in [0.1, 0.15) is 29.3 Å². The molecule has 0 aliphatic carbocycles. The maximum absolute atomic E-state index is 10.7. The van der Waals surface area contributed by atoms with Crippen LogP contribution >= 0.6 is 11.8 Å². The summed E-state index contributed by atoms with van der Waals surface area (Å²) >= 11 is 1.20. The third-order valence-corrected chi connectivity index (χ3v) is 2.81. The normalized spacial score (nSPS) is 9.39. The molecule has 0 amide bonds. The highest BCUT2D eigenvalue weighted by Gasteiger charge is 2.05. The van der Waals surface area contributed by atoms with E-state index in [0.717, 1.165) is 6.07 Å². The van der Waals surface area contributed by atoms with Gasteiger partial charge in [-0.1, -0.05) is 23.6 Å². The fourth-order valence-electron chi connectivity index (χ4n) is 1.17. The lowest BCUT2D eigenvalue weighted by molar-refractivity contribution is -0.109. The fourth-order valence-corrected chi connectivity index (χ4v) is 1.67. The van der Waals surface area contributed by atoms with Gasteiger partial charge in [0.25, 0.3) is 0 Å². The van der Waals surface area contributed by atoms with Crippen molar-refractivity contribution in [2.24, 2.45) is 0 Å². The van der Waals surface area contributed by atoms with Gasteiger partial charge in [-0.2, -0.15) is 0 Å². The highest BCUT2D eigenvalue weighted by molar-refractivity contribution is 8.13. The molecule has 0 radical (unpaired) electrons. The first-order valence-corrected chi connectivity index (χ1v) is 6.18. The zero-order chi connectivity index (χ0) is 13.5. The first kappa shape index (κ1) is 14.1. The highest BCUT2D eigenvalue weighted by Crippen LogP contribution is 2.17. The van der Waals surface area contributed by atoms with Crippen LogP contribution in [0, 0.1) is 11.8 Å². The second-order valence-electron chi connectivity index (χ2n) is 3.43. The molecule has 1 aromatic carbocycles. The van der Waals surface area contributed by atoms with Gasteiger partial charge in [-0.25, -0.2) is 4.79 Å². The molecule has 0 heterocycles. The standard InChI is InChI=1S/C13H12O4S/c1-9(14)18-7-3-2-4-10-5-6-11(13(16)17)8-12(10)15/h5-6,8,15H,3,7H2,1H3,(H,16,17). The number of phenols is 1. The average molecular weight is 264 g/mol. The number of benzene rings is 1. The average Bonchev–Trinajstić information content (AvgIpc) is 2.29. The molecule has 0 saturated carbocycles. The SMILES string of the molecule is CC(=O)SCCC#Cc1ccc(C(=O)O)cc1O. The molecule has 1 aromatic rings. The molecule has 0 bridgehead atoms. The number of carbonyl (C=O) groups is 2. The van der Waals surface area contributed by atoms with E-state index in [4.69, 9.17) is 5.11 Å². The molecule has 18 heavy (non-hydrogen) atoms. The van der Waals surface area contributed by atoms with Crippen molar-refractivity contribution in [1.82, 2.24) is 0 Å². The number of hydrogen-bond acceptors (Lipinski definition) is 4. The maximum Gasteiger partial charge on any atom is 0.335 e. The van der Waals surface area contributed by atoms with Crippen LogP contribution in [-0.2, 0) is 4.79 Å². The molecule has 0 aromatic heterocycles. The first-order valence-electron chi connectivity index (χ1n) is 5.19. The van der Waals surface area contributed by atoms with E-state index in [1.807, 2.05) is 0 Å². The van der Waals surface area contributed by atoms with Crippen molar-refractivity contribution >= 4 is 22.8 Å². The van der Waals surface area contributed by atoms with E-state index in [9.17, 15) is 14.7 Å². The van der Waals surface area contributed by atoms with E-state index in [0.29, 0.717) is 17.7 Å². The van der Waals surface area contributed by atoms with Crippen molar-refractivity contribution in [3.05, 3.63) is 29.3 Å². The van der Waals surface area contributed by atoms with E-state index in [2.05, 4.69) is 11.8 Å². The Bertz CT molecular complexity index is 526. The molecule has 0 fully saturated rings. The van der Waals surface area contributed by atoms with Crippen LogP contribution in [0.15, 0.2) is 18.2 Å². The zero-order valence-corrected chi connectivity index (χ0v) is 10.6. The highest BCUT2D eigenvalue weighted by atomic mass is 32.2. The topological polar surface area (TPSA) is 74.6 Å². The third-order valence-electron chi connectivity index (χ3n) is 2.00. The summed E-state index contributed by atoms with van der Waals surface area (Å²) in [4.78, 5) is 21.3. The first-order chi connectivity index (χ1) is 8.50. The maximum atomic E-state index is 10.7. The molecule has 94 valence electrons. The van der Waals surface area contributed by atoms with Crippen molar-refractivity contribution in [3.63, 3.8) is 0 Å². The number of thioether (sulfide) groups is 1. The number of carboxylic acids is 1. The lowest BCUT2D eigenvalue weighted by Gasteiger charge is -1.98. The van der Waals surface area contributed by atoms with Crippen LogP contribution in [0.2, 0.25) is 0 Å². The monoisotopic (exact) mass is 264 g/mol. The second kappa shape index (κ2) is 6.72. The van der Waals surface area contributed by atoms with E-state index in [1.54, 1.807) is 0 Å². The second-order valence-corrected chi connectivity index (χ2v) is 4.70. The molecule has 0 aliphatic rings. The minimum Gasteiger partial charge on any atom is -0.507 e. The molecule has 5 heteroatoms. The van der Waals surface area contributed by atoms with Gasteiger partial charge >= 0.3 is 5.97 Å². The summed E-state index contributed by atoms with van der Waals surface area (Å²) in [6, 6.07) is 4.01. The Morgan fingerprint density at radius 2 is 2.11 bits per heavy atom. The van der Waals surface area contributed by atoms with Gasteiger partial charge in [-0.05, 0) is 18.2 Å². The number of aromatic hydroxyl groups is 1. The van der Waals surface area contributed by atoms with Crippen molar-refractivity contribution in [1.29, 1.82) is 0 Å². The summed E-state index contributed by atoms with van der Waals surface area (Å²) < 4.78 is 0. The van der Waals surface area contributed by atoms with Crippen molar-refractivity contribution < 1.29 is 19.8 Å².